The molecule has 0 saturated heterocycles. The number of carbonyl (C=O) groups is 1. The third-order valence-electron chi connectivity index (χ3n) is 4.18. The lowest BCUT2D eigenvalue weighted by Crippen LogP contribution is -2.04. The van der Waals surface area contributed by atoms with Gasteiger partial charge in [0.05, 0.1) is 6.20 Å². The van der Waals surface area contributed by atoms with Gasteiger partial charge in [-0.05, 0) is 24.3 Å². The molecule has 1 aromatic carbocycles. The molecule has 0 amide bonds. The summed E-state index contributed by atoms with van der Waals surface area (Å²) in [5.74, 6) is 1.48. The second-order valence-corrected chi connectivity index (χ2v) is 5.51. The summed E-state index contributed by atoms with van der Waals surface area (Å²) in [5, 5.41) is 4.00. The summed E-state index contributed by atoms with van der Waals surface area (Å²) in [6.45, 7) is 0. The monoisotopic (exact) mass is 269 g/mol. The van der Waals surface area contributed by atoms with E-state index in [1.807, 2.05) is 30.5 Å². The molecule has 0 atom stereocenters. The second kappa shape index (κ2) is 6.04. The third kappa shape index (κ3) is 2.67. The number of hydrogen-bond acceptors (Lipinski definition) is 3. The van der Waals surface area contributed by atoms with Crippen molar-refractivity contribution in [1.29, 1.82) is 0 Å². The number of aldehydes is 1. The standard InChI is InChI=1S/C17H19NO2/c19-11-10-13-6-8-15(9-7-13)17-16(12-18-20-17)14-4-2-1-3-5-14/h6-9,11-12,14H,1-5,10H2. The second-order valence-electron chi connectivity index (χ2n) is 5.51. The Kier molecular flexibility index (Phi) is 3.95. The molecule has 3 nitrogen and oxygen atoms in total. The topological polar surface area (TPSA) is 43.1 Å². The van der Waals surface area contributed by atoms with Crippen LogP contribution in [0.15, 0.2) is 35.0 Å². The van der Waals surface area contributed by atoms with Gasteiger partial charge in [-0.3, -0.25) is 0 Å². The van der Waals surface area contributed by atoms with Crippen LogP contribution in [0.4, 0.5) is 0 Å². The first-order chi connectivity index (χ1) is 9.88. The van der Waals surface area contributed by atoms with Gasteiger partial charge < -0.3 is 9.32 Å². The lowest BCUT2D eigenvalue weighted by Gasteiger charge is -2.20. The van der Waals surface area contributed by atoms with Crippen LogP contribution in [0.25, 0.3) is 11.3 Å². The summed E-state index contributed by atoms with van der Waals surface area (Å²) in [4.78, 5) is 10.5. The minimum absolute atomic E-state index is 0.464. The van der Waals surface area contributed by atoms with Gasteiger partial charge in [0.2, 0.25) is 0 Å². The predicted octanol–water partition coefficient (Wildman–Crippen LogP) is 4.13. The molecule has 0 unspecified atom stereocenters. The Balaban J connectivity index is 1.86. The van der Waals surface area contributed by atoms with Crippen LogP contribution in [0.1, 0.15) is 49.1 Å². The van der Waals surface area contributed by atoms with Crippen molar-refractivity contribution in [3.63, 3.8) is 0 Å². The average Bonchev–Trinajstić information content (AvgIpc) is 2.99. The Morgan fingerprint density at radius 3 is 2.60 bits per heavy atom. The number of hydrogen-bond donors (Lipinski definition) is 0. The molecule has 20 heavy (non-hydrogen) atoms. The van der Waals surface area contributed by atoms with Crippen LogP contribution in [0, 0.1) is 0 Å². The zero-order valence-electron chi connectivity index (χ0n) is 11.5. The van der Waals surface area contributed by atoms with Crippen molar-refractivity contribution in [2.45, 2.75) is 44.4 Å². The van der Waals surface area contributed by atoms with Crippen molar-refractivity contribution < 1.29 is 9.32 Å². The Bertz CT molecular complexity index is 565. The van der Waals surface area contributed by atoms with Gasteiger partial charge in [-0.2, -0.15) is 0 Å². The molecule has 1 heterocycles. The van der Waals surface area contributed by atoms with Crippen LogP contribution in [0.2, 0.25) is 0 Å². The highest BCUT2D eigenvalue weighted by molar-refractivity contribution is 5.63. The van der Waals surface area contributed by atoms with Gasteiger partial charge in [0, 0.05) is 17.5 Å². The van der Waals surface area contributed by atoms with Crippen molar-refractivity contribution in [3.05, 3.63) is 41.6 Å². The van der Waals surface area contributed by atoms with Gasteiger partial charge in [0.15, 0.2) is 5.76 Å². The molecule has 1 saturated carbocycles. The lowest BCUT2D eigenvalue weighted by atomic mass is 9.83. The van der Waals surface area contributed by atoms with Crippen molar-refractivity contribution in [1.82, 2.24) is 5.16 Å². The van der Waals surface area contributed by atoms with Crippen LogP contribution in [-0.4, -0.2) is 11.4 Å². The normalized spacial score (nSPS) is 16.2. The Morgan fingerprint density at radius 1 is 1.15 bits per heavy atom. The highest BCUT2D eigenvalue weighted by atomic mass is 16.5. The first-order valence-electron chi connectivity index (χ1n) is 7.36. The minimum Gasteiger partial charge on any atom is -0.356 e. The van der Waals surface area contributed by atoms with E-state index in [-0.39, 0.29) is 0 Å². The molecule has 0 N–H and O–H groups in total. The van der Waals surface area contributed by atoms with Crippen molar-refractivity contribution >= 4 is 6.29 Å². The zero-order valence-corrected chi connectivity index (χ0v) is 11.5. The van der Waals surface area contributed by atoms with Crippen LogP contribution >= 0.6 is 0 Å². The fourth-order valence-corrected chi connectivity index (χ4v) is 3.06. The van der Waals surface area contributed by atoms with Gasteiger partial charge >= 0.3 is 0 Å². The number of rotatable bonds is 4. The Hall–Kier alpha value is -1.90. The van der Waals surface area contributed by atoms with E-state index in [9.17, 15) is 4.79 Å². The maximum Gasteiger partial charge on any atom is 0.170 e. The molecule has 1 fully saturated rings. The van der Waals surface area contributed by atoms with E-state index in [1.54, 1.807) is 0 Å². The summed E-state index contributed by atoms with van der Waals surface area (Å²) >= 11 is 0. The maximum atomic E-state index is 10.5. The summed E-state index contributed by atoms with van der Waals surface area (Å²) in [5.41, 5.74) is 3.33. The quantitative estimate of drug-likeness (QED) is 0.784. The van der Waals surface area contributed by atoms with E-state index in [1.165, 1.54) is 37.7 Å². The summed E-state index contributed by atoms with van der Waals surface area (Å²) in [6.07, 6.45) is 9.68. The molecule has 3 heteroatoms. The third-order valence-corrected chi connectivity index (χ3v) is 4.18. The molecule has 0 bridgehead atoms. The predicted molar refractivity (Wildman–Crippen MR) is 77.5 cm³/mol. The summed E-state index contributed by atoms with van der Waals surface area (Å²) in [6, 6.07) is 8.01. The van der Waals surface area contributed by atoms with E-state index in [0.717, 1.165) is 23.2 Å². The molecule has 1 aromatic heterocycles. The first kappa shape index (κ1) is 13.1. The van der Waals surface area contributed by atoms with Crippen LogP contribution in [-0.2, 0) is 11.2 Å². The van der Waals surface area contributed by atoms with Crippen LogP contribution < -0.4 is 0 Å². The van der Waals surface area contributed by atoms with E-state index in [4.69, 9.17) is 4.52 Å². The highest BCUT2D eigenvalue weighted by Gasteiger charge is 2.22. The van der Waals surface area contributed by atoms with E-state index in [0.29, 0.717) is 12.3 Å². The zero-order chi connectivity index (χ0) is 13.8. The molecule has 1 aliphatic carbocycles. The van der Waals surface area contributed by atoms with Gasteiger partial charge in [-0.1, -0.05) is 48.7 Å². The first-order valence-corrected chi connectivity index (χ1v) is 7.36. The molecule has 2 aromatic rings. The van der Waals surface area contributed by atoms with Gasteiger partial charge in [0.1, 0.15) is 6.29 Å². The Morgan fingerprint density at radius 2 is 1.90 bits per heavy atom. The minimum atomic E-state index is 0.464. The van der Waals surface area contributed by atoms with E-state index in [2.05, 4.69) is 5.16 Å². The fourth-order valence-electron chi connectivity index (χ4n) is 3.06. The van der Waals surface area contributed by atoms with Gasteiger partial charge in [-0.25, -0.2) is 0 Å². The lowest BCUT2D eigenvalue weighted by molar-refractivity contribution is -0.107. The molecule has 1 aliphatic rings. The Labute approximate surface area is 119 Å². The molecule has 3 rings (SSSR count). The number of benzene rings is 1. The van der Waals surface area contributed by atoms with Crippen molar-refractivity contribution in [3.8, 4) is 11.3 Å². The molecular weight excluding hydrogens is 250 g/mol. The molecule has 0 aliphatic heterocycles. The number of nitrogens with zero attached hydrogens (tertiary/aromatic N) is 1. The molecular formula is C17H19NO2. The number of aromatic nitrogens is 1. The highest BCUT2D eigenvalue weighted by Crippen LogP contribution is 2.37. The maximum absolute atomic E-state index is 10.5. The van der Waals surface area contributed by atoms with Gasteiger partial charge in [0.25, 0.3) is 0 Å². The van der Waals surface area contributed by atoms with Crippen LogP contribution in [0.5, 0.6) is 0 Å². The van der Waals surface area contributed by atoms with Gasteiger partial charge in [-0.15, -0.1) is 0 Å². The van der Waals surface area contributed by atoms with E-state index >= 15 is 0 Å². The van der Waals surface area contributed by atoms with Crippen molar-refractivity contribution in [2.24, 2.45) is 0 Å². The van der Waals surface area contributed by atoms with Crippen LogP contribution in [0.3, 0.4) is 0 Å². The molecule has 104 valence electrons. The smallest absolute Gasteiger partial charge is 0.170 e. The summed E-state index contributed by atoms with van der Waals surface area (Å²) in [7, 11) is 0. The molecule has 0 radical (unpaired) electrons. The molecule has 0 spiro atoms. The SMILES string of the molecule is O=CCc1ccc(-c2oncc2C2CCCCC2)cc1. The summed E-state index contributed by atoms with van der Waals surface area (Å²) < 4.78 is 5.48. The largest absolute Gasteiger partial charge is 0.356 e. The average molecular weight is 269 g/mol. The van der Waals surface area contributed by atoms with E-state index < -0.39 is 0 Å². The number of carbonyl (C=O) groups excluding carboxylic acids is 1. The van der Waals surface area contributed by atoms with Crippen molar-refractivity contribution in [2.75, 3.05) is 0 Å². The fraction of sp³-hybridized carbons (Fsp3) is 0.412.